The minimum absolute atomic E-state index is 0.00635. The number of rotatable bonds is 6. The molecule has 27 heavy (non-hydrogen) atoms. The molecule has 0 aromatic carbocycles. The number of carbonyl (C=O) groups is 3. The van der Waals surface area contributed by atoms with Gasteiger partial charge in [-0.15, -0.1) is 11.3 Å². The van der Waals surface area contributed by atoms with Crippen molar-refractivity contribution in [1.29, 1.82) is 0 Å². The van der Waals surface area contributed by atoms with Crippen LogP contribution in [0.1, 0.15) is 43.4 Å². The Kier molecular flexibility index (Phi) is 6.16. The number of carbonyl (C=O) groups excluding carboxylic acids is 3. The summed E-state index contributed by atoms with van der Waals surface area (Å²) in [4.78, 5) is 35.9. The third kappa shape index (κ3) is 4.08. The number of esters is 1. The van der Waals surface area contributed by atoms with Gasteiger partial charge in [0.2, 0.25) is 5.91 Å². The van der Waals surface area contributed by atoms with Gasteiger partial charge in [-0.2, -0.15) is 5.10 Å². The Labute approximate surface area is 161 Å². The third-order valence-corrected chi connectivity index (χ3v) is 5.36. The molecule has 8 nitrogen and oxygen atoms in total. The number of nitrogens with two attached hydrogens (primary N) is 1. The van der Waals surface area contributed by atoms with E-state index in [1.54, 1.807) is 0 Å². The lowest BCUT2D eigenvalue weighted by atomic mass is 10.1. The van der Waals surface area contributed by atoms with Crippen LogP contribution in [0.2, 0.25) is 5.02 Å². The van der Waals surface area contributed by atoms with Gasteiger partial charge in [-0.3, -0.25) is 14.3 Å². The SMILES string of the molecule is COC(=O)c1c(NC(=O)Cn2nc(C(F)F)c(Cl)c2C)sc(C(N)=O)c1C. The molecular formula is C15H15ClF2N4O4S. The van der Waals surface area contributed by atoms with E-state index in [2.05, 4.69) is 15.2 Å². The number of alkyl halides is 2. The van der Waals surface area contributed by atoms with Crippen molar-refractivity contribution in [3.63, 3.8) is 0 Å². The lowest BCUT2D eigenvalue weighted by Crippen LogP contribution is -2.21. The summed E-state index contributed by atoms with van der Waals surface area (Å²) in [6.45, 7) is 2.50. The zero-order valence-corrected chi connectivity index (χ0v) is 16.0. The molecule has 0 saturated heterocycles. The number of amides is 2. The Hall–Kier alpha value is -2.53. The number of hydrogen-bond acceptors (Lipinski definition) is 6. The van der Waals surface area contributed by atoms with Crippen LogP contribution in [-0.2, 0) is 16.1 Å². The lowest BCUT2D eigenvalue weighted by molar-refractivity contribution is -0.116. The van der Waals surface area contributed by atoms with Crippen LogP contribution in [0.25, 0.3) is 0 Å². The number of nitrogens with zero attached hydrogens (tertiary/aromatic N) is 2. The summed E-state index contributed by atoms with van der Waals surface area (Å²) in [6.07, 6.45) is -2.88. The molecule has 0 aliphatic heterocycles. The zero-order valence-electron chi connectivity index (χ0n) is 14.4. The van der Waals surface area contributed by atoms with Crippen LogP contribution in [0.3, 0.4) is 0 Å². The molecule has 2 aromatic rings. The Morgan fingerprint density at radius 3 is 2.48 bits per heavy atom. The Balaban J connectivity index is 2.31. The molecule has 0 saturated carbocycles. The highest BCUT2D eigenvalue weighted by atomic mass is 35.5. The fourth-order valence-electron chi connectivity index (χ4n) is 2.33. The van der Waals surface area contributed by atoms with Crippen molar-refractivity contribution in [3.05, 3.63) is 32.4 Å². The first-order valence-electron chi connectivity index (χ1n) is 7.40. The van der Waals surface area contributed by atoms with Crippen LogP contribution in [0.4, 0.5) is 13.8 Å². The van der Waals surface area contributed by atoms with Gasteiger partial charge in [-0.25, -0.2) is 13.6 Å². The number of aromatic nitrogens is 2. The van der Waals surface area contributed by atoms with Gasteiger partial charge in [0.25, 0.3) is 12.3 Å². The number of anilines is 1. The summed E-state index contributed by atoms with van der Waals surface area (Å²) < 4.78 is 31.4. The van der Waals surface area contributed by atoms with Crippen molar-refractivity contribution in [2.24, 2.45) is 5.73 Å². The van der Waals surface area contributed by atoms with E-state index in [1.807, 2.05) is 0 Å². The minimum atomic E-state index is -2.88. The topological polar surface area (TPSA) is 116 Å². The Bertz CT molecular complexity index is 926. The van der Waals surface area contributed by atoms with Crippen LogP contribution in [-0.4, -0.2) is 34.7 Å². The van der Waals surface area contributed by atoms with E-state index in [0.29, 0.717) is 0 Å². The second kappa shape index (κ2) is 8.01. The van der Waals surface area contributed by atoms with E-state index < -0.39 is 36.4 Å². The van der Waals surface area contributed by atoms with Gasteiger partial charge in [0, 0.05) is 0 Å². The summed E-state index contributed by atoms with van der Waals surface area (Å²) >= 11 is 6.60. The van der Waals surface area contributed by atoms with Crippen LogP contribution >= 0.6 is 22.9 Å². The molecule has 2 heterocycles. The molecule has 2 rings (SSSR count). The zero-order chi connectivity index (χ0) is 20.5. The van der Waals surface area contributed by atoms with Gasteiger partial charge in [-0.1, -0.05) is 11.6 Å². The smallest absolute Gasteiger partial charge is 0.341 e. The number of ether oxygens (including phenoxy) is 1. The van der Waals surface area contributed by atoms with E-state index >= 15 is 0 Å². The van der Waals surface area contributed by atoms with Crippen LogP contribution in [0.5, 0.6) is 0 Å². The van der Waals surface area contributed by atoms with Crippen molar-refractivity contribution in [3.8, 4) is 0 Å². The van der Waals surface area contributed by atoms with Gasteiger partial charge < -0.3 is 15.8 Å². The predicted molar refractivity (Wildman–Crippen MR) is 94.5 cm³/mol. The molecule has 2 aromatic heterocycles. The van der Waals surface area contributed by atoms with Gasteiger partial charge in [0.1, 0.15) is 17.2 Å². The van der Waals surface area contributed by atoms with Crippen molar-refractivity contribution in [2.45, 2.75) is 26.8 Å². The van der Waals surface area contributed by atoms with Gasteiger partial charge in [0.15, 0.2) is 0 Å². The van der Waals surface area contributed by atoms with E-state index in [1.165, 1.54) is 13.8 Å². The molecule has 0 aliphatic carbocycles. The second-order valence-corrected chi connectivity index (χ2v) is 6.81. The number of hydrogen-bond donors (Lipinski definition) is 2. The third-order valence-electron chi connectivity index (χ3n) is 3.67. The molecule has 0 fully saturated rings. The fourth-order valence-corrected chi connectivity index (χ4v) is 3.61. The maximum atomic E-state index is 12.9. The van der Waals surface area contributed by atoms with Gasteiger partial charge in [0.05, 0.1) is 28.3 Å². The number of thiophene rings is 1. The molecule has 0 radical (unpaired) electrons. The van der Waals surface area contributed by atoms with E-state index in [0.717, 1.165) is 23.1 Å². The van der Waals surface area contributed by atoms with Crippen LogP contribution in [0, 0.1) is 13.8 Å². The average molecular weight is 421 g/mol. The number of methoxy groups -OCH3 is 1. The Morgan fingerprint density at radius 1 is 1.37 bits per heavy atom. The molecule has 12 heteroatoms. The second-order valence-electron chi connectivity index (χ2n) is 5.41. The number of halogens is 3. The largest absolute Gasteiger partial charge is 0.465 e. The highest BCUT2D eigenvalue weighted by Gasteiger charge is 2.26. The summed E-state index contributed by atoms with van der Waals surface area (Å²) in [5.74, 6) is -2.19. The number of primary amides is 1. The van der Waals surface area contributed by atoms with Gasteiger partial charge >= 0.3 is 5.97 Å². The summed E-state index contributed by atoms with van der Waals surface area (Å²) in [5.41, 5.74) is 5.10. The predicted octanol–water partition coefficient (Wildman–Crippen LogP) is 2.68. The molecule has 2 amide bonds. The monoisotopic (exact) mass is 420 g/mol. The highest BCUT2D eigenvalue weighted by molar-refractivity contribution is 7.18. The van der Waals surface area contributed by atoms with Crippen molar-refractivity contribution in [1.82, 2.24) is 9.78 Å². The molecule has 0 aliphatic rings. The quantitative estimate of drug-likeness (QED) is 0.697. The molecule has 0 unspecified atom stereocenters. The molecule has 0 spiro atoms. The van der Waals surface area contributed by atoms with E-state index in [4.69, 9.17) is 17.3 Å². The van der Waals surface area contributed by atoms with Crippen molar-refractivity contribution >= 4 is 45.7 Å². The molecule has 0 atom stereocenters. The summed E-state index contributed by atoms with van der Waals surface area (Å²) in [6, 6.07) is 0. The normalized spacial score (nSPS) is 10.9. The van der Waals surface area contributed by atoms with E-state index in [9.17, 15) is 23.2 Å². The number of nitrogens with one attached hydrogen (secondary N) is 1. The van der Waals surface area contributed by atoms with Crippen LogP contribution in [0.15, 0.2) is 0 Å². The van der Waals surface area contributed by atoms with Crippen molar-refractivity contribution in [2.75, 3.05) is 12.4 Å². The van der Waals surface area contributed by atoms with E-state index in [-0.39, 0.29) is 31.7 Å². The molecule has 146 valence electrons. The summed E-state index contributed by atoms with van der Waals surface area (Å²) in [5, 5.41) is 5.91. The first kappa shape index (κ1) is 20.8. The van der Waals surface area contributed by atoms with Crippen molar-refractivity contribution < 1.29 is 27.9 Å². The fraction of sp³-hybridized carbons (Fsp3) is 0.333. The van der Waals surface area contributed by atoms with Gasteiger partial charge in [-0.05, 0) is 19.4 Å². The van der Waals surface area contributed by atoms with Crippen LogP contribution < -0.4 is 11.1 Å². The Morgan fingerprint density at radius 2 is 2.00 bits per heavy atom. The standard InChI is InChI=1S/C15H15ClF2N4O4S/c1-5-8(15(25)26-3)14(27-11(5)13(19)24)20-7(23)4-22-6(2)9(16)10(21-22)12(17)18/h12H,4H2,1-3H3,(H2,19,24)(H,20,23). The highest BCUT2D eigenvalue weighted by Crippen LogP contribution is 2.33. The molecular weight excluding hydrogens is 406 g/mol. The average Bonchev–Trinajstić information content (AvgIpc) is 3.05. The molecule has 0 bridgehead atoms. The minimum Gasteiger partial charge on any atom is -0.465 e. The molecule has 3 N–H and O–H groups in total. The first-order valence-corrected chi connectivity index (χ1v) is 8.60. The lowest BCUT2D eigenvalue weighted by Gasteiger charge is -2.07. The maximum absolute atomic E-state index is 12.9. The maximum Gasteiger partial charge on any atom is 0.341 e. The first-order chi connectivity index (χ1) is 12.6. The summed E-state index contributed by atoms with van der Waals surface area (Å²) in [7, 11) is 1.15.